The van der Waals surface area contributed by atoms with E-state index in [0.29, 0.717) is 6.04 Å². The van der Waals surface area contributed by atoms with Crippen LogP contribution in [0.25, 0.3) is 0 Å². The fourth-order valence-corrected chi connectivity index (χ4v) is 1.82. The van der Waals surface area contributed by atoms with Gasteiger partial charge in [-0.1, -0.05) is 0 Å². The van der Waals surface area contributed by atoms with Crippen molar-refractivity contribution < 1.29 is 4.74 Å². The highest BCUT2D eigenvalue weighted by Crippen LogP contribution is 2.15. The molecule has 0 spiro atoms. The van der Waals surface area contributed by atoms with Crippen LogP contribution in [0.1, 0.15) is 25.5 Å². The fraction of sp³-hybridized carbons (Fsp3) is 0.600. The smallest absolute Gasteiger partial charge is 0.0667 e. The average molecular weight is 199 g/mol. The van der Waals surface area contributed by atoms with Crippen LogP contribution >= 0.6 is 11.3 Å². The summed E-state index contributed by atoms with van der Waals surface area (Å²) < 4.78 is 5.16. The molecule has 2 atom stereocenters. The summed E-state index contributed by atoms with van der Waals surface area (Å²) in [5.74, 6) is 0. The number of methoxy groups -OCH3 is 1. The standard InChI is InChI=1S/C10H17NOS/c1-8(12-3)6-11-9(2)10-4-5-13-7-10/h4-5,7-9,11H,6H2,1-3H3. The minimum Gasteiger partial charge on any atom is -0.380 e. The highest BCUT2D eigenvalue weighted by atomic mass is 32.1. The molecule has 3 heteroatoms. The Morgan fingerprint density at radius 3 is 2.85 bits per heavy atom. The maximum absolute atomic E-state index is 5.16. The summed E-state index contributed by atoms with van der Waals surface area (Å²) in [6.45, 7) is 5.13. The molecule has 1 aromatic rings. The molecule has 0 aromatic carbocycles. The number of nitrogens with one attached hydrogen (secondary N) is 1. The molecular formula is C10H17NOS. The molecule has 0 aliphatic rings. The van der Waals surface area contributed by atoms with Gasteiger partial charge in [0.2, 0.25) is 0 Å². The summed E-state index contributed by atoms with van der Waals surface area (Å²) in [4.78, 5) is 0. The van der Waals surface area contributed by atoms with Crippen LogP contribution in [-0.4, -0.2) is 19.8 Å². The van der Waals surface area contributed by atoms with E-state index in [4.69, 9.17) is 4.74 Å². The lowest BCUT2D eigenvalue weighted by molar-refractivity contribution is 0.115. The van der Waals surface area contributed by atoms with Crippen LogP contribution in [-0.2, 0) is 4.74 Å². The minimum absolute atomic E-state index is 0.279. The van der Waals surface area contributed by atoms with Gasteiger partial charge in [0.1, 0.15) is 0 Å². The van der Waals surface area contributed by atoms with Gasteiger partial charge in [-0.3, -0.25) is 0 Å². The summed E-state index contributed by atoms with van der Waals surface area (Å²) in [5, 5.41) is 7.70. The molecule has 0 amide bonds. The van der Waals surface area contributed by atoms with Gasteiger partial charge >= 0.3 is 0 Å². The van der Waals surface area contributed by atoms with Gasteiger partial charge in [-0.25, -0.2) is 0 Å². The number of rotatable bonds is 5. The zero-order valence-corrected chi connectivity index (χ0v) is 9.23. The van der Waals surface area contributed by atoms with Gasteiger partial charge in [0.05, 0.1) is 6.10 Å². The van der Waals surface area contributed by atoms with Crippen molar-refractivity contribution in [2.45, 2.75) is 26.0 Å². The van der Waals surface area contributed by atoms with E-state index in [1.165, 1.54) is 5.56 Å². The molecule has 1 aromatic heterocycles. The summed E-state index contributed by atoms with van der Waals surface area (Å²) in [6, 6.07) is 2.57. The molecule has 0 bridgehead atoms. The summed E-state index contributed by atoms with van der Waals surface area (Å²) >= 11 is 1.74. The first kappa shape index (κ1) is 10.7. The van der Waals surface area contributed by atoms with Crippen LogP contribution in [0.4, 0.5) is 0 Å². The van der Waals surface area contributed by atoms with Gasteiger partial charge in [-0.15, -0.1) is 0 Å². The number of hydrogen-bond donors (Lipinski definition) is 1. The van der Waals surface area contributed by atoms with Crippen molar-refractivity contribution in [3.63, 3.8) is 0 Å². The Morgan fingerprint density at radius 2 is 2.31 bits per heavy atom. The van der Waals surface area contributed by atoms with Gasteiger partial charge in [-0.2, -0.15) is 11.3 Å². The zero-order valence-electron chi connectivity index (χ0n) is 8.41. The third kappa shape index (κ3) is 3.46. The number of thiophene rings is 1. The molecule has 0 aliphatic carbocycles. The van der Waals surface area contributed by atoms with Crippen molar-refractivity contribution in [1.29, 1.82) is 0 Å². The molecule has 74 valence electrons. The molecule has 1 N–H and O–H groups in total. The van der Waals surface area contributed by atoms with Gasteiger partial charge in [0.25, 0.3) is 0 Å². The maximum Gasteiger partial charge on any atom is 0.0667 e. The maximum atomic E-state index is 5.16. The van der Waals surface area contributed by atoms with E-state index < -0.39 is 0 Å². The lowest BCUT2D eigenvalue weighted by Crippen LogP contribution is -2.28. The quantitative estimate of drug-likeness (QED) is 0.786. The Labute approximate surface area is 83.9 Å². The molecule has 1 rings (SSSR count). The van der Waals surface area contributed by atoms with Crippen molar-refractivity contribution in [1.82, 2.24) is 5.32 Å². The third-order valence-corrected chi connectivity index (χ3v) is 2.86. The fourth-order valence-electron chi connectivity index (χ4n) is 1.07. The largest absolute Gasteiger partial charge is 0.380 e. The molecule has 0 saturated carbocycles. The van der Waals surface area contributed by atoms with E-state index in [2.05, 4.69) is 36.0 Å². The molecule has 0 fully saturated rings. The molecule has 13 heavy (non-hydrogen) atoms. The van der Waals surface area contributed by atoms with Gasteiger partial charge < -0.3 is 10.1 Å². The predicted molar refractivity (Wildman–Crippen MR) is 57.2 cm³/mol. The molecule has 2 unspecified atom stereocenters. The molecule has 2 nitrogen and oxygen atoms in total. The Bertz CT molecular complexity index is 223. The summed E-state index contributed by atoms with van der Waals surface area (Å²) in [6.07, 6.45) is 0.279. The zero-order chi connectivity index (χ0) is 9.68. The second-order valence-corrected chi connectivity index (χ2v) is 4.01. The molecule has 0 saturated heterocycles. The van der Waals surface area contributed by atoms with Gasteiger partial charge in [0, 0.05) is 19.7 Å². The van der Waals surface area contributed by atoms with Gasteiger partial charge in [-0.05, 0) is 36.2 Å². The molecule has 1 heterocycles. The second-order valence-electron chi connectivity index (χ2n) is 3.23. The SMILES string of the molecule is COC(C)CNC(C)c1ccsc1. The van der Waals surface area contributed by atoms with Crippen LogP contribution in [0.3, 0.4) is 0 Å². The topological polar surface area (TPSA) is 21.3 Å². The second kappa shape index (κ2) is 5.37. The van der Waals surface area contributed by atoms with E-state index in [0.717, 1.165) is 6.54 Å². The van der Waals surface area contributed by atoms with Crippen molar-refractivity contribution in [2.24, 2.45) is 0 Å². The Balaban J connectivity index is 2.30. The lowest BCUT2D eigenvalue weighted by Gasteiger charge is -2.15. The molecular weight excluding hydrogens is 182 g/mol. The van der Waals surface area contributed by atoms with Crippen LogP contribution in [0, 0.1) is 0 Å². The van der Waals surface area contributed by atoms with Crippen LogP contribution in [0.5, 0.6) is 0 Å². The Morgan fingerprint density at radius 1 is 1.54 bits per heavy atom. The van der Waals surface area contributed by atoms with Gasteiger partial charge in [0.15, 0.2) is 0 Å². The van der Waals surface area contributed by atoms with E-state index in [1.54, 1.807) is 18.4 Å². The van der Waals surface area contributed by atoms with E-state index in [9.17, 15) is 0 Å². The normalized spacial score (nSPS) is 15.6. The Hall–Kier alpha value is -0.380. The van der Waals surface area contributed by atoms with Crippen molar-refractivity contribution in [2.75, 3.05) is 13.7 Å². The van der Waals surface area contributed by atoms with Crippen molar-refractivity contribution in [3.05, 3.63) is 22.4 Å². The van der Waals surface area contributed by atoms with Crippen LogP contribution < -0.4 is 5.32 Å². The average Bonchev–Trinajstić information content (AvgIpc) is 2.66. The first-order valence-corrected chi connectivity index (χ1v) is 5.46. The summed E-state index contributed by atoms with van der Waals surface area (Å²) in [7, 11) is 1.74. The number of hydrogen-bond acceptors (Lipinski definition) is 3. The van der Waals surface area contributed by atoms with Crippen LogP contribution in [0.15, 0.2) is 16.8 Å². The van der Waals surface area contributed by atoms with E-state index in [-0.39, 0.29) is 6.10 Å². The van der Waals surface area contributed by atoms with Crippen molar-refractivity contribution in [3.8, 4) is 0 Å². The Kier molecular flexibility index (Phi) is 4.42. The summed E-state index contributed by atoms with van der Waals surface area (Å²) in [5.41, 5.74) is 1.35. The highest BCUT2D eigenvalue weighted by Gasteiger charge is 2.06. The first-order chi connectivity index (χ1) is 6.24. The predicted octanol–water partition coefficient (Wildman–Crippen LogP) is 2.43. The van der Waals surface area contributed by atoms with Crippen molar-refractivity contribution >= 4 is 11.3 Å². The third-order valence-electron chi connectivity index (χ3n) is 2.16. The van der Waals surface area contributed by atoms with E-state index in [1.807, 2.05) is 0 Å². The first-order valence-electron chi connectivity index (χ1n) is 4.52. The highest BCUT2D eigenvalue weighted by molar-refractivity contribution is 7.07. The van der Waals surface area contributed by atoms with Crippen LogP contribution in [0.2, 0.25) is 0 Å². The minimum atomic E-state index is 0.279. The monoisotopic (exact) mass is 199 g/mol. The lowest BCUT2D eigenvalue weighted by atomic mass is 10.2. The van der Waals surface area contributed by atoms with E-state index >= 15 is 0 Å². The molecule has 0 aliphatic heterocycles. The molecule has 0 radical (unpaired) electrons. The number of ether oxygens (including phenoxy) is 1.